The van der Waals surface area contributed by atoms with Crippen LogP contribution in [0.3, 0.4) is 0 Å². The topological polar surface area (TPSA) is 81.3 Å². The van der Waals surface area contributed by atoms with Gasteiger partial charge in [-0.3, -0.25) is 5.84 Å². The van der Waals surface area contributed by atoms with E-state index in [0.717, 1.165) is 5.92 Å². The number of hydrogen-bond acceptors (Lipinski definition) is 4. The Morgan fingerprint density at radius 1 is 1.24 bits per heavy atom. The molecule has 0 aromatic carbocycles. The summed E-state index contributed by atoms with van der Waals surface area (Å²) in [4.78, 5) is 0. The highest BCUT2D eigenvalue weighted by Gasteiger charge is 2.45. The summed E-state index contributed by atoms with van der Waals surface area (Å²) in [5, 5.41) is 1.69. The molecule has 1 saturated carbocycles. The van der Waals surface area contributed by atoms with Crippen molar-refractivity contribution >= 4 is 0 Å². The van der Waals surface area contributed by atoms with Gasteiger partial charge in [0.2, 0.25) is 0 Å². The number of piperidine rings is 1. The molecule has 17 heavy (non-hydrogen) atoms. The summed E-state index contributed by atoms with van der Waals surface area (Å²) in [6.45, 7) is 6.04. The number of hydrogen-bond donors (Lipinski definition) is 3. The standard InChI is InChI=1S/C13H26N4/c1-3-10-12(14)11(9-6-4-5-7-9)8(2)13(15)17(10)16/h3,8-13H,1,4-7,14-16H2,2H3. The van der Waals surface area contributed by atoms with Gasteiger partial charge in [-0.1, -0.05) is 38.7 Å². The molecule has 1 heterocycles. The van der Waals surface area contributed by atoms with Gasteiger partial charge in [0.1, 0.15) is 0 Å². The van der Waals surface area contributed by atoms with Crippen molar-refractivity contribution < 1.29 is 0 Å². The fourth-order valence-corrected chi connectivity index (χ4v) is 3.84. The third-order valence-electron chi connectivity index (χ3n) is 4.86. The van der Waals surface area contributed by atoms with Gasteiger partial charge in [-0.2, -0.15) is 0 Å². The molecule has 6 N–H and O–H groups in total. The molecule has 1 aliphatic heterocycles. The minimum atomic E-state index is -0.108. The molecule has 0 aromatic heterocycles. The maximum absolute atomic E-state index is 6.41. The number of rotatable bonds is 2. The van der Waals surface area contributed by atoms with Crippen LogP contribution < -0.4 is 17.3 Å². The number of nitrogens with two attached hydrogens (primary N) is 3. The lowest BCUT2D eigenvalue weighted by atomic mass is 9.70. The second-order valence-corrected chi connectivity index (χ2v) is 5.72. The molecule has 1 saturated heterocycles. The van der Waals surface area contributed by atoms with Crippen molar-refractivity contribution in [3.8, 4) is 0 Å². The van der Waals surface area contributed by atoms with Crippen LogP contribution in [-0.2, 0) is 0 Å². The van der Waals surface area contributed by atoms with Gasteiger partial charge in [0.25, 0.3) is 0 Å². The first-order valence-corrected chi connectivity index (χ1v) is 6.74. The molecule has 0 aromatic rings. The molecule has 0 amide bonds. The summed E-state index contributed by atoms with van der Waals surface area (Å²) in [7, 11) is 0. The van der Waals surface area contributed by atoms with E-state index >= 15 is 0 Å². The normalized spacial score (nSPS) is 45.1. The molecule has 2 fully saturated rings. The van der Waals surface area contributed by atoms with Crippen LogP contribution in [0, 0.1) is 17.8 Å². The van der Waals surface area contributed by atoms with Gasteiger partial charge in [0, 0.05) is 6.04 Å². The summed E-state index contributed by atoms with van der Waals surface area (Å²) in [5.74, 6) is 7.59. The van der Waals surface area contributed by atoms with Gasteiger partial charge in [-0.25, -0.2) is 5.01 Å². The van der Waals surface area contributed by atoms with Crippen molar-refractivity contribution in [3.63, 3.8) is 0 Å². The van der Waals surface area contributed by atoms with E-state index in [9.17, 15) is 0 Å². The molecule has 1 aliphatic carbocycles. The summed E-state index contributed by atoms with van der Waals surface area (Å²) in [5.41, 5.74) is 12.6. The van der Waals surface area contributed by atoms with Crippen molar-refractivity contribution in [3.05, 3.63) is 12.7 Å². The van der Waals surface area contributed by atoms with Crippen molar-refractivity contribution in [2.45, 2.75) is 50.9 Å². The Morgan fingerprint density at radius 3 is 2.35 bits per heavy atom. The van der Waals surface area contributed by atoms with Crippen LogP contribution in [0.5, 0.6) is 0 Å². The molecule has 0 radical (unpaired) electrons. The van der Waals surface area contributed by atoms with E-state index in [0.29, 0.717) is 11.8 Å². The first-order valence-electron chi connectivity index (χ1n) is 6.74. The smallest absolute Gasteiger partial charge is 0.0742 e. The molecule has 5 atom stereocenters. The quantitative estimate of drug-likeness (QED) is 0.490. The molecule has 5 unspecified atom stereocenters. The van der Waals surface area contributed by atoms with Gasteiger partial charge in [-0.15, -0.1) is 6.58 Å². The Labute approximate surface area is 104 Å². The molecule has 0 spiro atoms. The SMILES string of the molecule is C=CC1C(N)C(C2CCCC2)C(C)C(N)N1N. The molecule has 2 aliphatic rings. The first kappa shape index (κ1) is 13.0. The van der Waals surface area contributed by atoms with Crippen LogP contribution in [0.4, 0.5) is 0 Å². The molecule has 4 heteroatoms. The predicted octanol–water partition coefficient (Wildman–Crippen LogP) is 0.785. The Kier molecular flexibility index (Phi) is 3.88. The van der Waals surface area contributed by atoms with Crippen LogP contribution in [0.15, 0.2) is 12.7 Å². The second kappa shape index (κ2) is 5.06. The number of nitrogens with zero attached hydrogens (tertiary/aromatic N) is 1. The second-order valence-electron chi connectivity index (χ2n) is 5.72. The Morgan fingerprint density at radius 2 is 1.82 bits per heavy atom. The summed E-state index contributed by atoms with van der Waals surface area (Å²) < 4.78 is 0. The van der Waals surface area contributed by atoms with Gasteiger partial charge in [-0.05, 0) is 17.8 Å². The molecule has 4 nitrogen and oxygen atoms in total. The average Bonchev–Trinajstić information content (AvgIpc) is 2.81. The van der Waals surface area contributed by atoms with Crippen LogP contribution in [0.25, 0.3) is 0 Å². The maximum Gasteiger partial charge on any atom is 0.0742 e. The van der Waals surface area contributed by atoms with Gasteiger partial charge < -0.3 is 11.5 Å². The fourth-order valence-electron chi connectivity index (χ4n) is 3.84. The Hall–Kier alpha value is -0.420. The highest BCUT2D eigenvalue weighted by molar-refractivity contribution is 5.05. The largest absolute Gasteiger partial charge is 0.326 e. The van der Waals surface area contributed by atoms with Crippen molar-refractivity contribution in [2.24, 2.45) is 35.1 Å². The van der Waals surface area contributed by atoms with Crippen molar-refractivity contribution in [2.75, 3.05) is 0 Å². The van der Waals surface area contributed by atoms with Gasteiger partial charge in [0.05, 0.1) is 12.2 Å². The lowest BCUT2D eigenvalue weighted by Gasteiger charge is -2.50. The van der Waals surface area contributed by atoms with E-state index in [1.54, 1.807) is 5.01 Å². The van der Waals surface area contributed by atoms with Crippen LogP contribution in [0.2, 0.25) is 0 Å². The van der Waals surface area contributed by atoms with Crippen LogP contribution in [-0.4, -0.2) is 23.3 Å². The first-order chi connectivity index (χ1) is 8.07. The van der Waals surface area contributed by atoms with E-state index in [-0.39, 0.29) is 18.2 Å². The van der Waals surface area contributed by atoms with E-state index in [1.165, 1.54) is 25.7 Å². The summed E-state index contributed by atoms with van der Waals surface area (Å²) >= 11 is 0. The summed E-state index contributed by atoms with van der Waals surface area (Å²) in [6.07, 6.45) is 7.00. The number of hydrazine groups is 1. The van der Waals surface area contributed by atoms with Gasteiger partial charge in [0.15, 0.2) is 0 Å². The minimum absolute atomic E-state index is 0.00630. The fraction of sp³-hybridized carbons (Fsp3) is 0.846. The molecular formula is C13H26N4. The maximum atomic E-state index is 6.41. The van der Waals surface area contributed by atoms with E-state index in [4.69, 9.17) is 17.3 Å². The van der Waals surface area contributed by atoms with Crippen LogP contribution in [0.1, 0.15) is 32.6 Å². The van der Waals surface area contributed by atoms with Gasteiger partial charge >= 0.3 is 0 Å². The zero-order valence-corrected chi connectivity index (χ0v) is 10.8. The van der Waals surface area contributed by atoms with Crippen LogP contribution >= 0.6 is 0 Å². The molecular weight excluding hydrogens is 212 g/mol. The Balaban J connectivity index is 2.20. The van der Waals surface area contributed by atoms with Crippen molar-refractivity contribution in [1.29, 1.82) is 0 Å². The zero-order chi connectivity index (χ0) is 12.6. The predicted molar refractivity (Wildman–Crippen MR) is 70.6 cm³/mol. The van der Waals surface area contributed by atoms with E-state index < -0.39 is 0 Å². The summed E-state index contributed by atoms with van der Waals surface area (Å²) in [6, 6.07) is 0.0715. The zero-order valence-electron chi connectivity index (χ0n) is 10.8. The lowest BCUT2D eigenvalue weighted by Crippen LogP contribution is -2.69. The molecule has 2 rings (SSSR count). The molecule has 98 valence electrons. The lowest BCUT2D eigenvalue weighted by molar-refractivity contribution is -0.00995. The van der Waals surface area contributed by atoms with E-state index in [2.05, 4.69) is 13.5 Å². The molecule has 0 bridgehead atoms. The monoisotopic (exact) mass is 238 g/mol. The third-order valence-corrected chi connectivity index (χ3v) is 4.86. The van der Waals surface area contributed by atoms with Crippen molar-refractivity contribution in [1.82, 2.24) is 5.01 Å². The van der Waals surface area contributed by atoms with E-state index in [1.807, 2.05) is 6.08 Å². The average molecular weight is 238 g/mol. The Bertz CT molecular complexity index is 275. The minimum Gasteiger partial charge on any atom is -0.326 e. The third kappa shape index (κ3) is 2.15. The highest BCUT2D eigenvalue weighted by atomic mass is 15.5. The highest BCUT2D eigenvalue weighted by Crippen LogP contribution is 2.41.